The van der Waals surface area contributed by atoms with E-state index >= 15 is 0 Å². The molecule has 0 aliphatic rings. The zero-order valence-corrected chi connectivity index (χ0v) is 15.9. The van der Waals surface area contributed by atoms with Crippen molar-refractivity contribution >= 4 is 5.78 Å². The molecule has 0 fully saturated rings. The Balaban J connectivity index is 3.55. The van der Waals surface area contributed by atoms with Crippen LogP contribution in [0.4, 0.5) is 0 Å². The minimum atomic E-state index is 0.233. The van der Waals surface area contributed by atoms with Crippen LogP contribution in [-0.2, 0) is 4.79 Å². The monoisotopic (exact) mass is 324 g/mol. The summed E-state index contributed by atoms with van der Waals surface area (Å²) in [5.74, 6) is 0.697. The lowest BCUT2D eigenvalue weighted by Crippen LogP contribution is -2.10. The number of rotatable bonds is 16. The van der Waals surface area contributed by atoms with Gasteiger partial charge in [-0.25, -0.2) is 0 Å². The Morgan fingerprint density at radius 2 is 1.57 bits per heavy atom. The number of Topliss-reactive ketones (excluding diaryl/α,β-unsaturated/α-hetero) is 1. The highest BCUT2D eigenvalue weighted by atomic mass is 16.2. The van der Waals surface area contributed by atoms with Crippen LogP contribution in [0.3, 0.4) is 0 Å². The average Bonchev–Trinajstić information content (AvgIpc) is 2.55. The molecule has 0 bridgehead atoms. The molecular formula is C21H40O2. The number of carbonyl (C=O) groups is 1. The highest BCUT2D eigenvalue weighted by Crippen LogP contribution is 2.17. The minimum absolute atomic E-state index is 0.233. The van der Waals surface area contributed by atoms with E-state index in [1.807, 2.05) is 0 Å². The summed E-state index contributed by atoms with van der Waals surface area (Å²) in [5.41, 5.74) is 1.36. The normalized spacial score (nSPS) is 13.3. The molecule has 1 atom stereocenters. The predicted octanol–water partition coefficient (Wildman–Crippen LogP) is 6.22. The lowest BCUT2D eigenvalue weighted by atomic mass is 9.94. The molecular weight excluding hydrogens is 284 g/mol. The molecule has 1 N–H and O–H groups in total. The van der Waals surface area contributed by atoms with Crippen molar-refractivity contribution in [2.75, 3.05) is 6.61 Å². The molecule has 0 aliphatic heterocycles. The van der Waals surface area contributed by atoms with E-state index < -0.39 is 0 Å². The van der Waals surface area contributed by atoms with Gasteiger partial charge in [0.15, 0.2) is 0 Å². The van der Waals surface area contributed by atoms with E-state index in [0.717, 1.165) is 44.9 Å². The molecule has 2 heteroatoms. The summed E-state index contributed by atoms with van der Waals surface area (Å²) < 4.78 is 0. The fourth-order valence-electron chi connectivity index (χ4n) is 2.93. The van der Waals surface area contributed by atoms with Crippen LogP contribution in [0.1, 0.15) is 104 Å². The first-order valence-corrected chi connectivity index (χ1v) is 9.91. The van der Waals surface area contributed by atoms with Crippen LogP contribution in [0, 0.1) is 5.92 Å². The Bertz CT molecular complexity index is 307. The lowest BCUT2D eigenvalue weighted by molar-refractivity contribution is -0.122. The number of ketones is 1. The van der Waals surface area contributed by atoms with Crippen LogP contribution in [0.2, 0.25) is 0 Å². The fraction of sp³-hybridized carbons (Fsp3) is 0.857. The lowest BCUT2D eigenvalue weighted by Gasteiger charge is -2.10. The third-order valence-corrected chi connectivity index (χ3v) is 4.66. The van der Waals surface area contributed by atoms with Gasteiger partial charge in [-0.2, -0.15) is 0 Å². The molecule has 0 spiro atoms. The first-order valence-electron chi connectivity index (χ1n) is 9.91. The molecule has 0 amide bonds. The SMILES string of the molecule is CCCCCCCCCC(=O)C(C)CCCCC(C)=CCCO. The number of unbranched alkanes of at least 4 members (excludes halogenated alkanes) is 7. The quantitative estimate of drug-likeness (QED) is 0.270. The standard InChI is InChI=1S/C21H40O2/c1-4-5-6-7-8-9-10-17-21(23)20(3)16-12-11-14-19(2)15-13-18-22/h15,20,22H,4-14,16-18H2,1-3H3. The third-order valence-electron chi connectivity index (χ3n) is 4.66. The largest absolute Gasteiger partial charge is 0.396 e. The van der Waals surface area contributed by atoms with Gasteiger partial charge in [-0.05, 0) is 39.0 Å². The van der Waals surface area contributed by atoms with Gasteiger partial charge in [0.1, 0.15) is 5.78 Å². The zero-order valence-electron chi connectivity index (χ0n) is 15.9. The molecule has 136 valence electrons. The Morgan fingerprint density at radius 3 is 2.22 bits per heavy atom. The smallest absolute Gasteiger partial charge is 0.135 e. The second kappa shape index (κ2) is 16.2. The van der Waals surface area contributed by atoms with Gasteiger partial charge in [-0.1, -0.05) is 70.4 Å². The number of hydrogen-bond donors (Lipinski definition) is 1. The van der Waals surface area contributed by atoms with Crippen LogP contribution in [0.5, 0.6) is 0 Å². The predicted molar refractivity (Wildman–Crippen MR) is 101 cm³/mol. The van der Waals surface area contributed by atoms with Gasteiger partial charge in [0, 0.05) is 18.9 Å². The van der Waals surface area contributed by atoms with E-state index in [0.29, 0.717) is 5.78 Å². The molecule has 1 unspecified atom stereocenters. The highest BCUT2D eigenvalue weighted by molar-refractivity contribution is 5.80. The van der Waals surface area contributed by atoms with Crippen molar-refractivity contribution in [3.05, 3.63) is 11.6 Å². The molecule has 0 radical (unpaired) electrons. The van der Waals surface area contributed by atoms with Crippen molar-refractivity contribution in [3.8, 4) is 0 Å². The summed E-state index contributed by atoms with van der Waals surface area (Å²) in [6, 6.07) is 0. The first kappa shape index (κ1) is 22.4. The van der Waals surface area contributed by atoms with Gasteiger partial charge in [0.25, 0.3) is 0 Å². The van der Waals surface area contributed by atoms with Crippen LogP contribution >= 0.6 is 0 Å². The second-order valence-corrected chi connectivity index (χ2v) is 7.05. The molecule has 0 saturated heterocycles. The average molecular weight is 325 g/mol. The first-order chi connectivity index (χ1) is 11.1. The molecule has 0 aromatic carbocycles. The zero-order chi connectivity index (χ0) is 17.3. The molecule has 23 heavy (non-hydrogen) atoms. The minimum Gasteiger partial charge on any atom is -0.396 e. The van der Waals surface area contributed by atoms with E-state index in [1.165, 1.54) is 44.1 Å². The Labute approximate surface area is 144 Å². The molecule has 0 aliphatic carbocycles. The van der Waals surface area contributed by atoms with E-state index in [4.69, 9.17) is 5.11 Å². The molecule has 0 aromatic rings. The Hall–Kier alpha value is -0.630. The number of aliphatic hydroxyl groups is 1. The fourth-order valence-corrected chi connectivity index (χ4v) is 2.93. The van der Waals surface area contributed by atoms with Gasteiger partial charge < -0.3 is 5.11 Å². The maximum absolute atomic E-state index is 12.1. The van der Waals surface area contributed by atoms with E-state index in [2.05, 4.69) is 26.8 Å². The van der Waals surface area contributed by atoms with Crippen molar-refractivity contribution in [2.24, 2.45) is 5.92 Å². The summed E-state index contributed by atoms with van der Waals surface area (Å²) in [5, 5.41) is 8.78. The van der Waals surface area contributed by atoms with Crippen molar-refractivity contribution in [2.45, 2.75) is 104 Å². The highest BCUT2D eigenvalue weighted by Gasteiger charge is 2.11. The summed E-state index contributed by atoms with van der Waals surface area (Å²) in [6.07, 6.45) is 17.0. The number of aliphatic hydroxyl groups excluding tert-OH is 1. The number of allylic oxidation sites excluding steroid dienone is 1. The van der Waals surface area contributed by atoms with Crippen molar-refractivity contribution in [1.82, 2.24) is 0 Å². The van der Waals surface area contributed by atoms with Gasteiger partial charge >= 0.3 is 0 Å². The summed E-state index contributed by atoms with van der Waals surface area (Å²) in [7, 11) is 0. The number of hydrogen-bond acceptors (Lipinski definition) is 2. The second-order valence-electron chi connectivity index (χ2n) is 7.05. The summed E-state index contributed by atoms with van der Waals surface area (Å²) >= 11 is 0. The van der Waals surface area contributed by atoms with Gasteiger partial charge in [-0.15, -0.1) is 0 Å². The molecule has 0 aromatic heterocycles. The van der Waals surface area contributed by atoms with Crippen LogP contribution in [0.15, 0.2) is 11.6 Å². The van der Waals surface area contributed by atoms with Crippen LogP contribution in [-0.4, -0.2) is 17.5 Å². The Kier molecular flexibility index (Phi) is 15.8. The molecule has 0 rings (SSSR count). The summed E-state index contributed by atoms with van der Waals surface area (Å²) in [4.78, 5) is 12.1. The van der Waals surface area contributed by atoms with E-state index in [1.54, 1.807) is 0 Å². The van der Waals surface area contributed by atoms with Gasteiger partial charge in [0.2, 0.25) is 0 Å². The van der Waals surface area contributed by atoms with Crippen molar-refractivity contribution in [3.63, 3.8) is 0 Å². The summed E-state index contributed by atoms with van der Waals surface area (Å²) in [6.45, 7) is 6.71. The topological polar surface area (TPSA) is 37.3 Å². The third kappa shape index (κ3) is 14.7. The maximum Gasteiger partial charge on any atom is 0.135 e. The van der Waals surface area contributed by atoms with Crippen molar-refractivity contribution < 1.29 is 9.90 Å². The number of carbonyl (C=O) groups excluding carboxylic acids is 1. The van der Waals surface area contributed by atoms with Gasteiger partial charge in [-0.3, -0.25) is 4.79 Å². The van der Waals surface area contributed by atoms with Crippen LogP contribution < -0.4 is 0 Å². The molecule has 2 nitrogen and oxygen atoms in total. The van der Waals surface area contributed by atoms with E-state index in [9.17, 15) is 4.79 Å². The van der Waals surface area contributed by atoms with Crippen LogP contribution in [0.25, 0.3) is 0 Å². The molecule has 0 heterocycles. The maximum atomic E-state index is 12.1. The van der Waals surface area contributed by atoms with Gasteiger partial charge in [0.05, 0.1) is 0 Å². The van der Waals surface area contributed by atoms with E-state index in [-0.39, 0.29) is 12.5 Å². The van der Waals surface area contributed by atoms with Crippen molar-refractivity contribution in [1.29, 1.82) is 0 Å². The Morgan fingerprint density at radius 1 is 0.957 bits per heavy atom. The molecule has 0 saturated carbocycles.